The Morgan fingerprint density at radius 1 is 1.35 bits per heavy atom. The lowest BCUT2D eigenvalue weighted by molar-refractivity contribution is 0.101. The van der Waals surface area contributed by atoms with E-state index in [0.717, 1.165) is 18.5 Å². The molecule has 0 unspecified atom stereocenters. The average molecular weight is 333 g/mol. The number of nitrogens with one attached hydrogen (secondary N) is 1. The second-order valence-corrected chi connectivity index (χ2v) is 7.74. The largest absolute Gasteiger partial charge is 0.295 e. The number of aromatic amines is 1. The molecule has 122 valence electrons. The number of benzene rings is 1. The first-order valence-electron chi connectivity index (χ1n) is 7.59. The van der Waals surface area contributed by atoms with E-state index in [0.29, 0.717) is 18.7 Å². The Hall–Kier alpha value is -1.99. The van der Waals surface area contributed by atoms with Crippen LogP contribution in [0.3, 0.4) is 0 Å². The van der Waals surface area contributed by atoms with Gasteiger partial charge in [0.1, 0.15) is 0 Å². The zero-order chi connectivity index (χ0) is 16.4. The minimum absolute atomic E-state index is 0.122. The first-order valence-corrected chi connectivity index (χ1v) is 9.03. The fraction of sp³-hybridized carbons (Fsp3) is 0.375. The lowest BCUT2D eigenvalue weighted by atomic mass is 9.96. The molecular weight excluding hydrogens is 314 g/mol. The van der Waals surface area contributed by atoms with E-state index in [9.17, 15) is 13.2 Å². The first-order chi connectivity index (χ1) is 11.0. The van der Waals surface area contributed by atoms with Crippen LogP contribution in [0.5, 0.6) is 0 Å². The van der Waals surface area contributed by atoms with Gasteiger partial charge in [-0.15, -0.1) is 0 Å². The lowest BCUT2D eigenvalue weighted by Crippen LogP contribution is -2.39. The molecular formula is C16H19N3O3S. The molecule has 6 nitrogen and oxygen atoms in total. The van der Waals surface area contributed by atoms with Crippen molar-refractivity contribution in [3.05, 3.63) is 47.8 Å². The quantitative estimate of drug-likeness (QED) is 0.869. The van der Waals surface area contributed by atoms with Crippen LogP contribution in [-0.2, 0) is 10.0 Å². The third kappa shape index (κ3) is 3.20. The van der Waals surface area contributed by atoms with Crippen LogP contribution in [0.4, 0.5) is 0 Å². The maximum Gasteiger partial charge on any atom is 0.243 e. The second kappa shape index (κ2) is 6.25. The van der Waals surface area contributed by atoms with Gasteiger partial charge >= 0.3 is 0 Å². The number of aromatic nitrogens is 2. The minimum Gasteiger partial charge on any atom is -0.295 e. The summed E-state index contributed by atoms with van der Waals surface area (Å²) < 4.78 is 27.2. The Labute approximate surface area is 135 Å². The van der Waals surface area contributed by atoms with Gasteiger partial charge in [0, 0.05) is 36.5 Å². The molecule has 0 spiro atoms. The summed E-state index contributed by atoms with van der Waals surface area (Å²) in [5.74, 6) is -0.0203. The Morgan fingerprint density at radius 2 is 2.17 bits per heavy atom. The van der Waals surface area contributed by atoms with Gasteiger partial charge < -0.3 is 0 Å². The van der Waals surface area contributed by atoms with E-state index in [1.165, 1.54) is 17.3 Å². The van der Waals surface area contributed by atoms with Crippen molar-refractivity contribution in [2.75, 3.05) is 13.1 Å². The van der Waals surface area contributed by atoms with Crippen LogP contribution in [0, 0.1) is 0 Å². The molecule has 1 N–H and O–H groups in total. The number of rotatable bonds is 4. The van der Waals surface area contributed by atoms with Crippen LogP contribution in [0.1, 0.15) is 41.7 Å². The number of hydrogen-bond donors (Lipinski definition) is 1. The number of carbonyl (C=O) groups is 1. The molecule has 1 aromatic heterocycles. The van der Waals surface area contributed by atoms with E-state index in [1.807, 2.05) is 6.07 Å². The summed E-state index contributed by atoms with van der Waals surface area (Å²) in [6.07, 6.45) is 3.41. The molecule has 0 saturated carbocycles. The Bertz CT molecular complexity index is 800. The average Bonchev–Trinajstić information content (AvgIpc) is 3.09. The van der Waals surface area contributed by atoms with E-state index in [-0.39, 0.29) is 16.6 Å². The molecule has 1 saturated heterocycles. The maximum absolute atomic E-state index is 12.9. The zero-order valence-electron chi connectivity index (χ0n) is 12.9. The molecule has 1 aromatic carbocycles. The smallest absolute Gasteiger partial charge is 0.243 e. The Morgan fingerprint density at radius 3 is 2.87 bits per heavy atom. The fourth-order valence-electron chi connectivity index (χ4n) is 2.93. The monoisotopic (exact) mass is 333 g/mol. The molecule has 2 heterocycles. The van der Waals surface area contributed by atoms with Crippen molar-refractivity contribution in [3.63, 3.8) is 0 Å². The van der Waals surface area contributed by atoms with Crippen LogP contribution in [0.15, 0.2) is 41.4 Å². The van der Waals surface area contributed by atoms with Gasteiger partial charge in [-0.25, -0.2) is 8.42 Å². The fourth-order valence-corrected chi connectivity index (χ4v) is 4.50. The number of Topliss-reactive ketones (excluding diaryl/α,β-unsaturated/α-hetero) is 1. The molecule has 1 aliphatic heterocycles. The van der Waals surface area contributed by atoms with Gasteiger partial charge in [0.05, 0.1) is 4.90 Å². The molecule has 2 aromatic rings. The highest BCUT2D eigenvalue weighted by atomic mass is 32.2. The molecule has 1 fully saturated rings. The van der Waals surface area contributed by atoms with Gasteiger partial charge in [0.15, 0.2) is 5.78 Å². The molecule has 0 amide bonds. The summed E-state index contributed by atoms with van der Waals surface area (Å²) in [6, 6.07) is 8.13. The van der Waals surface area contributed by atoms with Crippen LogP contribution in [0.25, 0.3) is 0 Å². The van der Waals surface area contributed by atoms with Crippen LogP contribution in [-0.4, -0.2) is 41.8 Å². The molecule has 1 atom stereocenters. The van der Waals surface area contributed by atoms with Gasteiger partial charge in [-0.1, -0.05) is 12.1 Å². The first kappa shape index (κ1) is 15.9. The van der Waals surface area contributed by atoms with Crippen LogP contribution < -0.4 is 0 Å². The number of sulfonamides is 1. The normalized spacial score (nSPS) is 19.6. The molecule has 1 aliphatic rings. The van der Waals surface area contributed by atoms with E-state index < -0.39 is 10.0 Å². The highest BCUT2D eigenvalue weighted by Crippen LogP contribution is 2.29. The summed E-state index contributed by atoms with van der Waals surface area (Å²) in [7, 11) is -3.60. The third-order valence-electron chi connectivity index (χ3n) is 4.22. The predicted molar refractivity (Wildman–Crippen MR) is 85.8 cm³/mol. The van der Waals surface area contributed by atoms with Gasteiger partial charge in [-0.3, -0.25) is 9.89 Å². The predicted octanol–water partition coefficient (Wildman–Crippen LogP) is 2.18. The van der Waals surface area contributed by atoms with E-state index in [4.69, 9.17) is 0 Å². The molecule has 0 bridgehead atoms. The molecule has 23 heavy (non-hydrogen) atoms. The van der Waals surface area contributed by atoms with Crippen molar-refractivity contribution in [3.8, 4) is 0 Å². The standard InChI is InChI=1S/C16H19N3O3S/c1-12(20)13-4-2-6-15(10-13)23(21,22)19-9-3-5-14(11-19)16-7-8-17-18-16/h2,4,6-8,10,14H,3,5,9,11H2,1H3,(H,17,18)/t14-/m1/s1. The number of hydrogen-bond acceptors (Lipinski definition) is 4. The van der Waals surface area contributed by atoms with Crippen LogP contribution >= 0.6 is 0 Å². The lowest BCUT2D eigenvalue weighted by Gasteiger charge is -2.31. The maximum atomic E-state index is 12.9. The summed E-state index contributed by atoms with van der Waals surface area (Å²) in [5.41, 5.74) is 1.37. The van der Waals surface area contributed by atoms with Crippen molar-refractivity contribution in [2.24, 2.45) is 0 Å². The van der Waals surface area contributed by atoms with Crippen molar-refractivity contribution in [1.29, 1.82) is 0 Å². The molecule has 0 aliphatic carbocycles. The summed E-state index contributed by atoms with van der Waals surface area (Å²) in [5, 5.41) is 6.87. The van der Waals surface area contributed by atoms with E-state index in [2.05, 4.69) is 10.2 Å². The van der Waals surface area contributed by atoms with Crippen molar-refractivity contribution in [2.45, 2.75) is 30.6 Å². The number of nitrogens with zero attached hydrogens (tertiary/aromatic N) is 2. The van der Waals surface area contributed by atoms with Crippen molar-refractivity contribution < 1.29 is 13.2 Å². The zero-order valence-corrected chi connectivity index (χ0v) is 13.7. The van der Waals surface area contributed by atoms with Gasteiger partial charge in [0.2, 0.25) is 10.0 Å². The highest BCUT2D eigenvalue weighted by molar-refractivity contribution is 7.89. The molecule has 7 heteroatoms. The SMILES string of the molecule is CC(=O)c1cccc(S(=O)(=O)N2CCC[C@@H](c3ccn[nH]3)C2)c1. The summed E-state index contributed by atoms with van der Waals surface area (Å²) in [6.45, 7) is 2.35. The Kier molecular flexibility index (Phi) is 4.32. The second-order valence-electron chi connectivity index (χ2n) is 5.80. The number of ketones is 1. The van der Waals surface area contributed by atoms with Gasteiger partial charge in [-0.2, -0.15) is 9.40 Å². The van der Waals surface area contributed by atoms with Crippen LogP contribution in [0.2, 0.25) is 0 Å². The summed E-state index contributed by atoms with van der Waals surface area (Å²) >= 11 is 0. The van der Waals surface area contributed by atoms with Crippen molar-refractivity contribution in [1.82, 2.24) is 14.5 Å². The minimum atomic E-state index is -3.60. The van der Waals surface area contributed by atoms with Crippen molar-refractivity contribution >= 4 is 15.8 Å². The van der Waals surface area contributed by atoms with Gasteiger partial charge in [-0.05, 0) is 38.0 Å². The number of carbonyl (C=O) groups excluding carboxylic acids is 1. The van der Waals surface area contributed by atoms with E-state index in [1.54, 1.807) is 24.4 Å². The topological polar surface area (TPSA) is 83.1 Å². The highest BCUT2D eigenvalue weighted by Gasteiger charge is 2.31. The summed E-state index contributed by atoms with van der Waals surface area (Å²) in [4.78, 5) is 11.7. The number of H-pyrrole nitrogens is 1. The molecule has 3 rings (SSSR count). The van der Waals surface area contributed by atoms with Gasteiger partial charge in [0.25, 0.3) is 0 Å². The molecule has 0 radical (unpaired) electrons. The van der Waals surface area contributed by atoms with E-state index >= 15 is 0 Å². The third-order valence-corrected chi connectivity index (χ3v) is 6.09. The Balaban J connectivity index is 1.87. The number of piperidine rings is 1.